The molecule has 0 aliphatic rings. The number of rotatable bonds is 4. The molecule has 1 heterocycles. The molecule has 0 spiro atoms. The zero-order valence-corrected chi connectivity index (χ0v) is 13.8. The highest BCUT2D eigenvalue weighted by atomic mass is 35.5. The Kier molecular flexibility index (Phi) is 4.68. The Morgan fingerprint density at radius 3 is 2.38 bits per heavy atom. The quantitative estimate of drug-likeness (QED) is 0.863. The molecule has 2 aromatic rings. The summed E-state index contributed by atoms with van der Waals surface area (Å²) < 4.78 is 0. The number of benzene rings is 1. The SMILES string of the molecule is CNc1nc(C(C)C)nc(Nc2cc(Cl)ccc2C)c1C. The molecule has 1 aromatic heterocycles. The molecule has 21 heavy (non-hydrogen) atoms. The van der Waals surface area contributed by atoms with Gasteiger partial charge in [0, 0.05) is 29.2 Å². The summed E-state index contributed by atoms with van der Waals surface area (Å²) in [6, 6.07) is 5.78. The summed E-state index contributed by atoms with van der Waals surface area (Å²) in [4.78, 5) is 9.19. The zero-order chi connectivity index (χ0) is 15.6. The van der Waals surface area contributed by atoms with Gasteiger partial charge >= 0.3 is 0 Å². The topological polar surface area (TPSA) is 49.8 Å². The maximum atomic E-state index is 6.08. The lowest BCUT2D eigenvalue weighted by atomic mass is 10.1. The van der Waals surface area contributed by atoms with Crippen LogP contribution in [0.2, 0.25) is 5.02 Å². The average Bonchev–Trinajstić information content (AvgIpc) is 2.44. The van der Waals surface area contributed by atoms with E-state index < -0.39 is 0 Å². The molecule has 0 saturated heterocycles. The first-order chi connectivity index (χ1) is 9.92. The first kappa shape index (κ1) is 15.6. The third-order valence-corrected chi connectivity index (χ3v) is 3.60. The van der Waals surface area contributed by atoms with E-state index in [4.69, 9.17) is 11.6 Å². The van der Waals surface area contributed by atoms with E-state index in [2.05, 4.69) is 34.4 Å². The fraction of sp³-hybridized carbons (Fsp3) is 0.375. The van der Waals surface area contributed by atoms with E-state index in [9.17, 15) is 0 Å². The number of hydrogen-bond donors (Lipinski definition) is 2. The molecule has 0 aliphatic carbocycles. The molecule has 0 amide bonds. The van der Waals surface area contributed by atoms with E-state index in [1.165, 1.54) is 0 Å². The van der Waals surface area contributed by atoms with Gasteiger partial charge in [-0.1, -0.05) is 31.5 Å². The van der Waals surface area contributed by atoms with Crippen LogP contribution in [0, 0.1) is 13.8 Å². The van der Waals surface area contributed by atoms with Gasteiger partial charge in [0.15, 0.2) is 0 Å². The number of nitrogens with one attached hydrogen (secondary N) is 2. The maximum Gasteiger partial charge on any atom is 0.139 e. The molecule has 0 unspecified atom stereocenters. The number of nitrogens with zero attached hydrogens (tertiary/aromatic N) is 2. The fourth-order valence-electron chi connectivity index (χ4n) is 2.01. The molecule has 0 saturated carbocycles. The predicted octanol–water partition coefficient (Wildman–Crippen LogP) is 4.66. The molecule has 5 heteroatoms. The maximum absolute atomic E-state index is 6.08. The van der Waals surface area contributed by atoms with Crippen molar-refractivity contribution in [1.29, 1.82) is 0 Å². The predicted molar refractivity (Wildman–Crippen MR) is 89.9 cm³/mol. The van der Waals surface area contributed by atoms with Gasteiger partial charge in [-0.05, 0) is 31.5 Å². The van der Waals surface area contributed by atoms with Crippen LogP contribution in [0.5, 0.6) is 0 Å². The molecule has 0 fully saturated rings. The van der Waals surface area contributed by atoms with E-state index >= 15 is 0 Å². The standard InChI is InChI=1S/C16H21ClN4/c1-9(2)14-20-15(18-5)11(4)16(21-14)19-13-8-12(17)7-6-10(13)3/h6-9H,1-5H3,(H2,18,19,20,21). The molecule has 0 radical (unpaired) electrons. The number of aromatic nitrogens is 2. The van der Waals surface area contributed by atoms with Gasteiger partial charge in [-0.25, -0.2) is 9.97 Å². The summed E-state index contributed by atoms with van der Waals surface area (Å²) in [5.74, 6) is 2.73. The average molecular weight is 305 g/mol. The van der Waals surface area contributed by atoms with Crippen molar-refractivity contribution in [2.45, 2.75) is 33.6 Å². The van der Waals surface area contributed by atoms with Crippen LogP contribution in [-0.2, 0) is 0 Å². The third kappa shape index (κ3) is 3.45. The van der Waals surface area contributed by atoms with E-state index in [-0.39, 0.29) is 5.92 Å². The second kappa shape index (κ2) is 6.31. The molecular formula is C16H21ClN4. The third-order valence-electron chi connectivity index (χ3n) is 3.37. The van der Waals surface area contributed by atoms with Crippen LogP contribution >= 0.6 is 11.6 Å². The van der Waals surface area contributed by atoms with Crippen molar-refractivity contribution in [3.05, 3.63) is 40.2 Å². The Hall–Kier alpha value is -1.81. The van der Waals surface area contributed by atoms with Gasteiger partial charge in [0.2, 0.25) is 0 Å². The van der Waals surface area contributed by atoms with Gasteiger partial charge in [-0.2, -0.15) is 0 Å². The fourth-order valence-corrected chi connectivity index (χ4v) is 2.19. The second-order valence-electron chi connectivity index (χ2n) is 5.39. The second-order valence-corrected chi connectivity index (χ2v) is 5.83. The van der Waals surface area contributed by atoms with Gasteiger partial charge < -0.3 is 10.6 Å². The Labute approximate surface area is 131 Å². The van der Waals surface area contributed by atoms with Crippen LogP contribution in [0.3, 0.4) is 0 Å². The summed E-state index contributed by atoms with van der Waals surface area (Å²) in [5.41, 5.74) is 3.07. The molecule has 1 aromatic carbocycles. The minimum atomic E-state index is 0.263. The molecular weight excluding hydrogens is 284 g/mol. The highest BCUT2D eigenvalue weighted by Gasteiger charge is 2.13. The number of halogens is 1. The smallest absolute Gasteiger partial charge is 0.139 e. The number of hydrogen-bond acceptors (Lipinski definition) is 4. The number of aryl methyl sites for hydroxylation is 1. The summed E-state index contributed by atoms with van der Waals surface area (Å²) in [7, 11) is 1.87. The lowest BCUT2D eigenvalue weighted by Crippen LogP contribution is -2.08. The molecule has 0 aliphatic heterocycles. The first-order valence-corrected chi connectivity index (χ1v) is 7.39. The lowest BCUT2D eigenvalue weighted by molar-refractivity contribution is 0.775. The Bertz CT molecular complexity index is 653. The van der Waals surface area contributed by atoms with Gasteiger partial charge in [0.05, 0.1) is 0 Å². The minimum absolute atomic E-state index is 0.263. The van der Waals surface area contributed by atoms with Crippen LogP contribution < -0.4 is 10.6 Å². The number of anilines is 3. The van der Waals surface area contributed by atoms with Crippen LogP contribution in [0.25, 0.3) is 0 Å². The van der Waals surface area contributed by atoms with Crippen LogP contribution in [-0.4, -0.2) is 17.0 Å². The van der Waals surface area contributed by atoms with Crippen molar-refractivity contribution in [3.63, 3.8) is 0 Å². The lowest BCUT2D eigenvalue weighted by Gasteiger charge is -2.16. The normalized spacial score (nSPS) is 10.8. The van der Waals surface area contributed by atoms with Crippen LogP contribution in [0.1, 0.15) is 36.7 Å². The van der Waals surface area contributed by atoms with E-state index in [0.29, 0.717) is 5.02 Å². The largest absolute Gasteiger partial charge is 0.373 e. The molecule has 112 valence electrons. The van der Waals surface area contributed by atoms with Crippen LogP contribution in [0.15, 0.2) is 18.2 Å². The van der Waals surface area contributed by atoms with E-state index in [1.807, 2.05) is 39.1 Å². The summed E-state index contributed by atoms with van der Waals surface area (Å²) in [5, 5.41) is 7.20. The Morgan fingerprint density at radius 1 is 1.10 bits per heavy atom. The zero-order valence-electron chi connectivity index (χ0n) is 13.1. The van der Waals surface area contributed by atoms with Crippen molar-refractivity contribution in [2.75, 3.05) is 17.7 Å². The highest BCUT2D eigenvalue weighted by molar-refractivity contribution is 6.30. The first-order valence-electron chi connectivity index (χ1n) is 7.01. The molecule has 2 N–H and O–H groups in total. The summed E-state index contributed by atoms with van der Waals surface area (Å²) >= 11 is 6.08. The minimum Gasteiger partial charge on any atom is -0.373 e. The summed E-state index contributed by atoms with van der Waals surface area (Å²) in [6.45, 7) is 8.20. The van der Waals surface area contributed by atoms with Crippen molar-refractivity contribution in [2.24, 2.45) is 0 Å². The molecule has 4 nitrogen and oxygen atoms in total. The Morgan fingerprint density at radius 2 is 1.76 bits per heavy atom. The summed E-state index contributed by atoms with van der Waals surface area (Å²) in [6.07, 6.45) is 0. The molecule has 0 bridgehead atoms. The van der Waals surface area contributed by atoms with Crippen molar-refractivity contribution in [3.8, 4) is 0 Å². The highest BCUT2D eigenvalue weighted by Crippen LogP contribution is 2.28. The van der Waals surface area contributed by atoms with Gasteiger partial charge in [-0.15, -0.1) is 0 Å². The van der Waals surface area contributed by atoms with Gasteiger partial charge in [-0.3, -0.25) is 0 Å². The Balaban J connectivity index is 2.47. The van der Waals surface area contributed by atoms with Gasteiger partial charge in [0.1, 0.15) is 17.5 Å². The van der Waals surface area contributed by atoms with Crippen molar-refractivity contribution in [1.82, 2.24) is 9.97 Å². The molecule has 2 rings (SSSR count). The van der Waals surface area contributed by atoms with Crippen molar-refractivity contribution < 1.29 is 0 Å². The van der Waals surface area contributed by atoms with E-state index in [0.717, 1.165) is 34.3 Å². The molecule has 0 atom stereocenters. The monoisotopic (exact) mass is 304 g/mol. The van der Waals surface area contributed by atoms with Crippen molar-refractivity contribution >= 4 is 28.9 Å². The van der Waals surface area contributed by atoms with Crippen LogP contribution in [0.4, 0.5) is 17.3 Å². The van der Waals surface area contributed by atoms with Gasteiger partial charge in [0.25, 0.3) is 0 Å². The van der Waals surface area contributed by atoms with E-state index in [1.54, 1.807) is 0 Å².